The molecule has 3 rings (SSSR count). The number of benzene rings is 2. The number of phenolic OH excluding ortho intramolecular Hbond substituents is 1. The van der Waals surface area contributed by atoms with Crippen molar-refractivity contribution in [1.82, 2.24) is 10.3 Å². The van der Waals surface area contributed by atoms with Gasteiger partial charge in [0.15, 0.2) is 17.3 Å². The van der Waals surface area contributed by atoms with Crippen LogP contribution in [0.2, 0.25) is 0 Å². The molecule has 0 saturated heterocycles. The number of urea groups is 1. The Kier molecular flexibility index (Phi) is 5.39. The number of hydrazone groups is 1. The van der Waals surface area contributed by atoms with Crippen LogP contribution in [0.5, 0.6) is 17.2 Å². The Hall–Kier alpha value is -3.29. The molecule has 1 atom stereocenters. The van der Waals surface area contributed by atoms with E-state index in [4.69, 9.17) is 9.47 Å². The number of aromatic hydroxyl groups is 1. The lowest BCUT2D eigenvalue weighted by atomic mass is 9.93. The van der Waals surface area contributed by atoms with Crippen molar-refractivity contribution >= 4 is 11.7 Å². The fourth-order valence-electron chi connectivity index (χ4n) is 3.23. The predicted octanol–water partition coefficient (Wildman–Crippen LogP) is 2.89. The second-order valence-corrected chi connectivity index (χ2v) is 6.40. The maximum Gasteiger partial charge on any atom is 0.337 e. The molecular formula is C20H22FN3O4. The van der Waals surface area contributed by atoms with Crippen LogP contribution in [0.4, 0.5) is 9.18 Å². The minimum atomic E-state index is -0.547. The van der Waals surface area contributed by atoms with Crippen LogP contribution in [0.1, 0.15) is 23.6 Å². The number of rotatable bonds is 3. The number of hydrogen-bond acceptors (Lipinski definition) is 5. The van der Waals surface area contributed by atoms with E-state index in [1.165, 1.54) is 38.4 Å². The minimum Gasteiger partial charge on any atom is -0.508 e. The molecule has 8 heteroatoms. The van der Waals surface area contributed by atoms with Gasteiger partial charge in [0.2, 0.25) is 0 Å². The van der Waals surface area contributed by atoms with Crippen LogP contribution >= 0.6 is 0 Å². The number of methoxy groups -OCH3 is 2. The normalized spacial score (nSPS) is 16.0. The van der Waals surface area contributed by atoms with Crippen molar-refractivity contribution < 1.29 is 23.8 Å². The smallest absolute Gasteiger partial charge is 0.337 e. The number of nitrogens with one attached hydrogen (secondary N) is 1. The van der Waals surface area contributed by atoms with Crippen LogP contribution in [0.3, 0.4) is 0 Å². The van der Waals surface area contributed by atoms with Crippen molar-refractivity contribution in [3.05, 3.63) is 52.8 Å². The van der Waals surface area contributed by atoms with Gasteiger partial charge in [0.1, 0.15) is 5.75 Å². The molecule has 28 heavy (non-hydrogen) atoms. The molecule has 0 bridgehead atoms. The molecule has 148 valence electrons. The molecule has 0 aromatic heterocycles. The largest absolute Gasteiger partial charge is 0.508 e. The summed E-state index contributed by atoms with van der Waals surface area (Å²) >= 11 is 0. The van der Waals surface area contributed by atoms with Gasteiger partial charge < -0.3 is 19.9 Å². The molecule has 1 aliphatic heterocycles. The van der Waals surface area contributed by atoms with Crippen molar-refractivity contribution in [2.75, 3.05) is 21.3 Å². The standard InChI is InChI=1S/C20H22FN3O4/c1-11-9-14-15(10-16(27-3)19(28-4)17(14)21)18(23-24(11)20(26)22-2)12-5-7-13(25)8-6-12/h5-8,10-11,25H,9H2,1-4H3,(H,22,26). The van der Waals surface area contributed by atoms with E-state index in [1.807, 2.05) is 0 Å². The molecule has 0 spiro atoms. The van der Waals surface area contributed by atoms with Crippen LogP contribution in [-0.4, -0.2) is 49.2 Å². The van der Waals surface area contributed by atoms with Gasteiger partial charge in [-0.25, -0.2) is 14.2 Å². The average Bonchev–Trinajstić information content (AvgIpc) is 2.84. The van der Waals surface area contributed by atoms with Crippen molar-refractivity contribution in [2.45, 2.75) is 19.4 Å². The van der Waals surface area contributed by atoms with E-state index in [-0.39, 0.29) is 23.7 Å². The fraction of sp³-hybridized carbons (Fsp3) is 0.300. The second kappa shape index (κ2) is 7.75. The third kappa shape index (κ3) is 3.33. The van der Waals surface area contributed by atoms with Gasteiger partial charge in [-0.15, -0.1) is 0 Å². The lowest BCUT2D eigenvalue weighted by molar-refractivity contribution is 0.184. The zero-order valence-electron chi connectivity index (χ0n) is 16.1. The maximum absolute atomic E-state index is 15.3. The molecule has 7 nitrogen and oxygen atoms in total. The molecule has 1 aliphatic rings. The summed E-state index contributed by atoms with van der Waals surface area (Å²) in [7, 11) is 4.31. The zero-order valence-corrected chi connectivity index (χ0v) is 16.1. The minimum absolute atomic E-state index is 0.00639. The molecule has 2 aromatic carbocycles. The monoisotopic (exact) mass is 387 g/mol. The van der Waals surface area contributed by atoms with Gasteiger partial charge in [-0.1, -0.05) is 0 Å². The van der Waals surface area contributed by atoms with Crippen LogP contribution in [-0.2, 0) is 6.42 Å². The Bertz CT molecular complexity index is 928. The Morgan fingerprint density at radius 3 is 2.54 bits per heavy atom. The van der Waals surface area contributed by atoms with Crippen LogP contribution < -0.4 is 14.8 Å². The number of nitrogens with zero attached hydrogens (tertiary/aromatic N) is 2. The summed E-state index contributed by atoms with van der Waals surface area (Å²) in [6.07, 6.45) is 0.236. The zero-order chi connectivity index (χ0) is 20.4. The first-order valence-corrected chi connectivity index (χ1v) is 8.73. The van der Waals surface area contributed by atoms with Crippen molar-refractivity contribution in [3.63, 3.8) is 0 Å². The quantitative estimate of drug-likeness (QED) is 0.848. The molecule has 2 aromatic rings. The highest BCUT2D eigenvalue weighted by Gasteiger charge is 2.31. The van der Waals surface area contributed by atoms with Gasteiger partial charge in [0.05, 0.1) is 26.0 Å². The number of amides is 2. The SMILES string of the molecule is CNC(=O)N1N=C(c2ccc(O)cc2)c2cc(OC)c(OC)c(F)c2CC1C. The number of halogens is 1. The molecule has 1 unspecified atom stereocenters. The predicted molar refractivity (Wildman–Crippen MR) is 103 cm³/mol. The van der Waals surface area contributed by atoms with E-state index in [2.05, 4.69) is 10.4 Å². The number of carbonyl (C=O) groups excluding carboxylic acids is 1. The van der Waals surface area contributed by atoms with Gasteiger partial charge in [0.25, 0.3) is 0 Å². The van der Waals surface area contributed by atoms with E-state index >= 15 is 4.39 Å². The van der Waals surface area contributed by atoms with E-state index in [1.54, 1.807) is 25.1 Å². The van der Waals surface area contributed by atoms with Gasteiger partial charge in [-0.05, 0) is 43.7 Å². The summed E-state index contributed by atoms with van der Waals surface area (Å²) in [6, 6.07) is 7.18. The molecule has 0 saturated carbocycles. The summed E-state index contributed by atoms with van der Waals surface area (Å²) < 4.78 is 25.8. The van der Waals surface area contributed by atoms with E-state index in [9.17, 15) is 9.90 Å². The Morgan fingerprint density at radius 2 is 1.96 bits per heavy atom. The maximum atomic E-state index is 15.3. The van der Waals surface area contributed by atoms with Crippen molar-refractivity contribution in [1.29, 1.82) is 0 Å². The summed E-state index contributed by atoms with van der Waals surface area (Å²) in [5.41, 5.74) is 1.89. The van der Waals surface area contributed by atoms with Gasteiger partial charge in [-0.2, -0.15) is 5.10 Å². The summed E-state index contributed by atoms with van der Waals surface area (Å²) in [6.45, 7) is 1.79. The lowest BCUT2D eigenvalue weighted by Crippen LogP contribution is -2.41. The van der Waals surface area contributed by atoms with Crippen molar-refractivity contribution in [3.8, 4) is 17.2 Å². The number of fused-ring (bicyclic) bond motifs is 1. The first-order chi connectivity index (χ1) is 13.4. The van der Waals surface area contributed by atoms with Crippen molar-refractivity contribution in [2.24, 2.45) is 5.10 Å². The summed E-state index contributed by atoms with van der Waals surface area (Å²) in [4.78, 5) is 12.4. The molecule has 2 N–H and O–H groups in total. The highest BCUT2D eigenvalue weighted by Crippen LogP contribution is 2.38. The van der Waals surface area contributed by atoms with Gasteiger partial charge >= 0.3 is 6.03 Å². The third-order valence-electron chi connectivity index (χ3n) is 4.66. The fourth-order valence-corrected chi connectivity index (χ4v) is 3.23. The number of phenols is 1. The number of hydrogen-bond donors (Lipinski definition) is 2. The first-order valence-electron chi connectivity index (χ1n) is 8.73. The van der Waals surface area contributed by atoms with Crippen LogP contribution in [0.15, 0.2) is 35.4 Å². The van der Waals surface area contributed by atoms with Gasteiger partial charge in [-0.3, -0.25) is 0 Å². The molecule has 0 aliphatic carbocycles. The average molecular weight is 387 g/mol. The number of ether oxygens (including phenoxy) is 2. The lowest BCUT2D eigenvalue weighted by Gasteiger charge is -2.22. The molecule has 0 radical (unpaired) electrons. The summed E-state index contributed by atoms with van der Waals surface area (Å²) in [5, 5.41) is 18.0. The highest BCUT2D eigenvalue weighted by atomic mass is 19.1. The number of carbonyl (C=O) groups is 1. The van der Waals surface area contributed by atoms with E-state index in [0.29, 0.717) is 22.4 Å². The highest BCUT2D eigenvalue weighted by molar-refractivity contribution is 6.14. The van der Waals surface area contributed by atoms with E-state index < -0.39 is 17.9 Å². The Labute approximate surface area is 162 Å². The van der Waals surface area contributed by atoms with Crippen LogP contribution in [0.25, 0.3) is 0 Å². The Morgan fingerprint density at radius 1 is 1.29 bits per heavy atom. The topological polar surface area (TPSA) is 83.4 Å². The first kappa shape index (κ1) is 19.5. The molecule has 0 fully saturated rings. The third-order valence-corrected chi connectivity index (χ3v) is 4.66. The molecule has 2 amide bonds. The van der Waals surface area contributed by atoms with Crippen LogP contribution in [0, 0.1) is 5.82 Å². The second-order valence-electron chi connectivity index (χ2n) is 6.40. The Balaban J connectivity index is 2.30. The van der Waals surface area contributed by atoms with Gasteiger partial charge in [0, 0.05) is 23.7 Å². The summed E-state index contributed by atoms with van der Waals surface area (Å²) in [5.74, 6) is -0.222. The van der Waals surface area contributed by atoms with E-state index in [0.717, 1.165) is 0 Å². The molecule has 1 heterocycles. The molecular weight excluding hydrogens is 365 g/mol.